The van der Waals surface area contributed by atoms with Crippen LogP contribution < -0.4 is 31.0 Å². The number of aryl methyl sites for hydroxylation is 1. The minimum Gasteiger partial charge on any atom is -0.493 e. The van der Waals surface area contributed by atoms with Gasteiger partial charge in [0.25, 0.3) is 5.91 Å². The third kappa shape index (κ3) is 4.82. The molecule has 11 nitrogen and oxygen atoms in total. The van der Waals surface area contributed by atoms with Crippen LogP contribution in [0.2, 0.25) is 0 Å². The molecule has 0 unspecified atom stereocenters. The lowest BCUT2D eigenvalue weighted by Crippen LogP contribution is -2.15. The molecule has 0 saturated carbocycles. The topological polar surface area (TPSA) is 172 Å². The number of thiophene rings is 2. The Morgan fingerprint density at radius 2 is 1.76 bits per heavy atom. The summed E-state index contributed by atoms with van der Waals surface area (Å²) in [6.07, 6.45) is 3.57. The number of aromatic nitrogens is 1. The molecule has 1 aliphatic carbocycles. The molecule has 1 amide bonds. The summed E-state index contributed by atoms with van der Waals surface area (Å²) in [5.74, 6) is 0.104. The van der Waals surface area contributed by atoms with Crippen LogP contribution in [-0.4, -0.2) is 44.8 Å². The fourth-order valence-corrected chi connectivity index (χ4v) is 7.48. The highest BCUT2D eigenvalue weighted by Gasteiger charge is 2.30. The second-order valence-corrected chi connectivity index (χ2v) is 11.5. The highest BCUT2D eigenvalue weighted by Crippen LogP contribution is 2.47. The summed E-state index contributed by atoms with van der Waals surface area (Å²) in [7, 11) is 4.46. The molecule has 0 radical (unpaired) electrons. The van der Waals surface area contributed by atoms with Gasteiger partial charge in [-0.05, 0) is 55.9 Å². The number of hydrogen-bond donors (Lipinski definition) is 3. The molecule has 0 saturated heterocycles. The molecule has 0 spiro atoms. The number of ether oxygens (including phenoxy) is 4. The first-order valence-electron chi connectivity index (χ1n) is 13.1. The van der Waals surface area contributed by atoms with Gasteiger partial charge in [0.15, 0.2) is 11.5 Å². The minimum absolute atomic E-state index is 0.0162. The summed E-state index contributed by atoms with van der Waals surface area (Å²) in [4.78, 5) is 32.6. The predicted octanol–water partition coefficient (Wildman–Crippen LogP) is 5.39. The molecule has 5 N–H and O–H groups in total. The Bertz CT molecular complexity index is 1750. The Hall–Kier alpha value is -4.54. The van der Waals surface area contributed by atoms with Gasteiger partial charge < -0.3 is 35.7 Å². The van der Waals surface area contributed by atoms with E-state index in [0.717, 1.165) is 47.5 Å². The maximum absolute atomic E-state index is 13.7. The summed E-state index contributed by atoms with van der Waals surface area (Å²) in [5.41, 5.74) is 15.3. The Morgan fingerprint density at radius 1 is 1.07 bits per heavy atom. The smallest absolute Gasteiger partial charge is 0.341 e. The first-order chi connectivity index (χ1) is 20.3. The molecule has 218 valence electrons. The van der Waals surface area contributed by atoms with Gasteiger partial charge >= 0.3 is 5.97 Å². The van der Waals surface area contributed by atoms with E-state index in [2.05, 4.69) is 16.4 Å². The zero-order chi connectivity index (χ0) is 30.1. The van der Waals surface area contributed by atoms with Gasteiger partial charge in [0.05, 0.1) is 39.2 Å². The van der Waals surface area contributed by atoms with Gasteiger partial charge in [-0.2, -0.15) is 5.26 Å². The molecule has 5 rings (SSSR count). The standard InChI is InChI=1S/C29H29N5O6S2/c1-5-40-29(36)20-14-8-6-7-9-18(14)41-27(20)34-26(35)24-22(31)21-19(15(12-30)25(32)33-28(21)42-24)13-10-16(37-2)23(39-4)17(11-13)38-3/h10-11H,5-9,31H2,1-4H3,(H2,32,33)(H,34,35). The van der Waals surface area contributed by atoms with E-state index in [1.54, 1.807) is 19.1 Å². The lowest BCUT2D eigenvalue weighted by Gasteiger charge is -2.16. The summed E-state index contributed by atoms with van der Waals surface area (Å²) in [6.45, 7) is 1.96. The van der Waals surface area contributed by atoms with E-state index in [1.807, 2.05) is 0 Å². The van der Waals surface area contributed by atoms with Crippen LogP contribution in [0.25, 0.3) is 21.3 Å². The minimum atomic E-state index is -0.507. The van der Waals surface area contributed by atoms with Crippen LogP contribution in [0.4, 0.5) is 16.5 Å². The maximum Gasteiger partial charge on any atom is 0.341 e. The van der Waals surface area contributed by atoms with Crippen molar-refractivity contribution in [2.45, 2.75) is 32.6 Å². The van der Waals surface area contributed by atoms with Gasteiger partial charge in [0.2, 0.25) is 5.75 Å². The molecule has 13 heteroatoms. The number of fused-ring (bicyclic) bond motifs is 2. The van der Waals surface area contributed by atoms with Crippen molar-refractivity contribution in [3.05, 3.63) is 38.6 Å². The SMILES string of the molecule is CCOC(=O)c1c(NC(=O)c2sc3nc(N)c(C#N)c(-c4cc(OC)c(OC)c(OC)c4)c3c2N)sc2c1CCCC2. The van der Waals surface area contributed by atoms with Crippen LogP contribution in [0.3, 0.4) is 0 Å². The van der Waals surface area contributed by atoms with Gasteiger partial charge in [-0.25, -0.2) is 9.78 Å². The van der Waals surface area contributed by atoms with Crippen molar-refractivity contribution >= 4 is 61.3 Å². The van der Waals surface area contributed by atoms with Crippen molar-refractivity contribution in [1.82, 2.24) is 4.98 Å². The van der Waals surface area contributed by atoms with Crippen molar-refractivity contribution in [2.75, 3.05) is 44.7 Å². The Morgan fingerprint density at radius 3 is 2.38 bits per heavy atom. The predicted molar refractivity (Wildman–Crippen MR) is 163 cm³/mol. The van der Waals surface area contributed by atoms with E-state index in [4.69, 9.17) is 30.4 Å². The number of carbonyl (C=O) groups is 2. The summed E-state index contributed by atoms with van der Waals surface area (Å²) < 4.78 is 21.8. The Kier molecular flexibility index (Phi) is 8.11. The fourth-order valence-electron chi connectivity index (χ4n) is 5.20. The van der Waals surface area contributed by atoms with Crippen LogP contribution in [-0.2, 0) is 17.6 Å². The normalized spacial score (nSPS) is 12.4. The van der Waals surface area contributed by atoms with Gasteiger partial charge in [0.1, 0.15) is 32.2 Å². The number of nitrogens with two attached hydrogens (primary N) is 2. The lowest BCUT2D eigenvalue weighted by molar-refractivity contribution is 0.0526. The molecule has 42 heavy (non-hydrogen) atoms. The monoisotopic (exact) mass is 607 g/mol. The molecule has 0 aliphatic heterocycles. The highest BCUT2D eigenvalue weighted by molar-refractivity contribution is 7.21. The van der Waals surface area contributed by atoms with Gasteiger partial charge in [-0.3, -0.25) is 4.79 Å². The number of esters is 1. The first-order valence-corrected chi connectivity index (χ1v) is 14.8. The molecule has 1 aromatic carbocycles. The largest absolute Gasteiger partial charge is 0.493 e. The number of nitrogens with one attached hydrogen (secondary N) is 1. The van der Waals surface area contributed by atoms with E-state index >= 15 is 0 Å². The van der Waals surface area contributed by atoms with Crippen molar-refractivity contribution in [2.24, 2.45) is 0 Å². The van der Waals surface area contributed by atoms with Crippen LogP contribution >= 0.6 is 22.7 Å². The second kappa shape index (κ2) is 11.8. The molecule has 0 atom stereocenters. The number of pyridine rings is 1. The van der Waals surface area contributed by atoms with Crippen molar-refractivity contribution < 1.29 is 28.5 Å². The van der Waals surface area contributed by atoms with Crippen molar-refractivity contribution in [1.29, 1.82) is 5.26 Å². The number of nitrogens with zero attached hydrogens (tertiary/aromatic N) is 2. The van der Waals surface area contributed by atoms with Gasteiger partial charge in [-0.1, -0.05) is 0 Å². The number of carbonyl (C=O) groups excluding carboxylic acids is 2. The van der Waals surface area contributed by atoms with E-state index in [0.29, 0.717) is 49.2 Å². The zero-order valence-corrected chi connectivity index (χ0v) is 25.1. The van der Waals surface area contributed by atoms with Crippen LogP contribution in [0.1, 0.15) is 55.8 Å². The molecule has 0 fully saturated rings. The lowest BCUT2D eigenvalue weighted by atomic mass is 9.95. The zero-order valence-electron chi connectivity index (χ0n) is 23.5. The Labute approximate surface area is 250 Å². The number of amides is 1. The van der Waals surface area contributed by atoms with Crippen LogP contribution in [0.15, 0.2) is 12.1 Å². The number of nitriles is 1. The summed E-state index contributed by atoms with van der Waals surface area (Å²) in [6, 6.07) is 5.47. The molecular formula is C29H29N5O6S2. The van der Waals surface area contributed by atoms with E-state index < -0.39 is 11.9 Å². The maximum atomic E-state index is 13.7. The number of hydrogen-bond acceptors (Lipinski definition) is 12. The molecule has 3 aromatic heterocycles. The van der Waals surface area contributed by atoms with E-state index in [-0.39, 0.29) is 28.6 Å². The van der Waals surface area contributed by atoms with Crippen molar-refractivity contribution in [3.63, 3.8) is 0 Å². The number of benzene rings is 1. The highest BCUT2D eigenvalue weighted by atomic mass is 32.1. The molecule has 3 heterocycles. The van der Waals surface area contributed by atoms with E-state index in [9.17, 15) is 14.9 Å². The average molecular weight is 608 g/mol. The molecule has 4 aromatic rings. The third-order valence-corrected chi connectivity index (χ3v) is 9.36. The molecule has 0 bridgehead atoms. The van der Waals surface area contributed by atoms with Gasteiger partial charge in [0, 0.05) is 15.8 Å². The fraction of sp³-hybridized carbons (Fsp3) is 0.310. The first kappa shape index (κ1) is 29.0. The molecule has 1 aliphatic rings. The average Bonchev–Trinajstić information content (AvgIpc) is 3.52. The van der Waals surface area contributed by atoms with Crippen LogP contribution in [0, 0.1) is 11.3 Å². The quantitative estimate of drug-likeness (QED) is 0.220. The summed E-state index contributed by atoms with van der Waals surface area (Å²) >= 11 is 2.43. The van der Waals surface area contributed by atoms with Gasteiger partial charge in [-0.15, -0.1) is 22.7 Å². The molecular weight excluding hydrogens is 578 g/mol. The second-order valence-electron chi connectivity index (χ2n) is 9.39. The number of methoxy groups -OCH3 is 3. The summed E-state index contributed by atoms with van der Waals surface area (Å²) in [5, 5.41) is 13.8. The third-order valence-electron chi connectivity index (χ3n) is 7.05. The van der Waals surface area contributed by atoms with Crippen molar-refractivity contribution in [3.8, 4) is 34.4 Å². The number of rotatable bonds is 8. The Balaban J connectivity index is 1.66. The number of nitrogen functional groups attached to an aromatic ring is 2. The van der Waals surface area contributed by atoms with E-state index in [1.165, 1.54) is 32.7 Å². The van der Waals surface area contributed by atoms with Crippen LogP contribution in [0.5, 0.6) is 17.2 Å². The number of anilines is 3.